The summed E-state index contributed by atoms with van der Waals surface area (Å²) in [6, 6.07) is 1.53. The van der Waals surface area contributed by atoms with Gasteiger partial charge in [0.25, 0.3) is 0 Å². The fraction of sp³-hybridized carbons (Fsp3) is 0.571. The first-order valence-corrected chi connectivity index (χ1v) is 7.33. The second kappa shape index (κ2) is 6.27. The van der Waals surface area contributed by atoms with E-state index >= 15 is 0 Å². The average Bonchev–Trinajstić information content (AvgIpc) is 2.31. The first-order chi connectivity index (χ1) is 9.01. The summed E-state index contributed by atoms with van der Waals surface area (Å²) in [6.07, 6.45) is 2.89. The molecule has 1 aromatic carbocycles. The lowest BCUT2D eigenvalue weighted by atomic mass is 9.78. The summed E-state index contributed by atoms with van der Waals surface area (Å²) < 4.78 is 45.0. The SMILES string of the molecule is CCOC1CC(CC(Br)c2cc(F)c(F)cc2F)C1. The highest BCUT2D eigenvalue weighted by atomic mass is 79.9. The zero-order valence-corrected chi connectivity index (χ0v) is 12.2. The maximum Gasteiger partial charge on any atom is 0.161 e. The van der Waals surface area contributed by atoms with Crippen molar-refractivity contribution in [2.24, 2.45) is 5.92 Å². The quantitative estimate of drug-likeness (QED) is 0.557. The molecule has 5 heteroatoms. The molecular formula is C14H16BrF3O. The van der Waals surface area contributed by atoms with Crippen LogP contribution < -0.4 is 0 Å². The Morgan fingerprint density at radius 3 is 2.47 bits per heavy atom. The summed E-state index contributed by atoms with van der Waals surface area (Å²) >= 11 is 3.36. The third kappa shape index (κ3) is 3.51. The molecule has 1 atom stereocenters. The summed E-state index contributed by atoms with van der Waals surface area (Å²) in [5, 5.41) is 0. The molecule has 19 heavy (non-hydrogen) atoms. The van der Waals surface area contributed by atoms with Gasteiger partial charge >= 0.3 is 0 Å². The molecule has 0 aromatic heterocycles. The molecule has 106 valence electrons. The Hall–Kier alpha value is -0.550. The Balaban J connectivity index is 1.94. The highest BCUT2D eigenvalue weighted by molar-refractivity contribution is 9.09. The monoisotopic (exact) mass is 336 g/mol. The molecule has 0 spiro atoms. The summed E-state index contributed by atoms with van der Waals surface area (Å²) in [7, 11) is 0. The van der Waals surface area contributed by atoms with E-state index in [1.54, 1.807) is 0 Å². The van der Waals surface area contributed by atoms with Crippen molar-refractivity contribution in [2.75, 3.05) is 6.61 Å². The van der Waals surface area contributed by atoms with Gasteiger partial charge < -0.3 is 4.74 Å². The number of hydrogen-bond donors (Lipinski definition) is 0. The van der Waals surface area contributed by atoms with Gasteiger partial charge in [0.05, 0.1) is 6.10 Å². The number of benzene rings is 1. The molecule has 0 radical (unpaired) electrons. The van der Waals surface area contributed by atoms with Gasteiger partial charge in [-0.05, 0) is 38.2 Å². The molecule has 1 unspecified atom stereocenters. The van der Waals surface area contributed by atoms with Gasteiger partial charge in [0.2, 0.25) is 0 Å². The predicted molar refractivity (Wildman–Crippen MR) is 70.7 cm³/mol. The minimum atomic E-state index is -1.15. The van der Waals surface area contributed by atoms with Crippen molar-refractivity contribution in [3.05, 3.63) is 35.1 Å². The van der Waals surface area contributed by atoms with Crippen molar-refractivity contribution in [1.82, 2.24) is 0 Å². The Morgan fingerprint density at radius 2 is 1.84 bits per heavy atom. The highest BCUT2D eigenvalue weighted by Crippen LogP contribution is 2.41. The number of halogens is 4. The van der Waals surface area contributed by atoms with Crippen molar-refractivity contribution in [3.63, 3.8) is 0 Å². The zero-order valence-electron chi connectivity index (χ0n) is 10.6. The van der Waals surface area contributed by atoms with E-state index in [0.29, 0.717) is 31.1 Å². The molecule has 0 aliphatic heterocycles. The predicted octanol–water partition coefficient (Wildman–Crippen LogP) is 4.75. The minimum absolute atomic E-state index is 0.179. The fourth-order valence-corrected chi connectivity index (χ4v) is 3.32. The second-order valence-corrected chi connectivity index (χ2v) is 6.01. The molecule has 0 saturated heterocycles. The van der Waals surface area contributed by atoms with Crippen LogP contribution in [0.15, 0.2) is 12.1 Å². The third-order valence-electron chi connectivity index (χ3n) is 3.51. The lowest BCUT2D eigenvalue weighted by Crippen LogP contribution is -2.31. The van der Waals surface area contributed by atoms with Crippen LogP contribution in [0.3, 0.4) is 0 Å². The summed E-state index contributed by atoms with van der Waals surface area (Å²) in [5.74, 6) is -2.43. The molecule has 1 nitrogen and oxygen atoms in total. The van der Waals surface area contributed by atoms with Gasteiger partial charge in [-0.25, -0.2) is 13.2 Å². The van der Waals surface area contributed by atoms with Crippen LogP contribution in [0.1, 0.15) is 36.6 Å². The maximum atomic E-state index is 13.6. The van der Waals surface area contributed by atoms with Crippen molar-refractivity contribution in [3.8, 4) is 0 Å². The fourth-order valence-electron chi connectivity index (χ4n) is 2.44. The number of hydrogen-bond acceptors (Lipinski definition) is 1. The van der Waals surface area contributed by atoms with Crippen molar-refractivity contribution in [1.29, 1.82) is 0 Å². The van der Waals surface area contributed by atoms with Crippen LogP contribution in [0.4, 0.5) is 13.2 Å². The Kier molecular flexibility index (Phi) is 4.90. The summed E-state index contributed by atoms with van der Waals surface area (Å²) in [5.41, 5.74) is 0.179. The molecule has 0 bridgehead atoms. The topological polar surface area (TPSA) is 9.23 Å². The van der Waals surface area contributed by atoms with Crippen LogP contribution in [0.5, 0.6) is 0 Å². The maximum absolute atomic E-state index is 13.6. The van der Waals surface area contributed by atoms with Gasteiger partial charge in [-0.3, -0.25) is 0 Å². The van der Waals surface area contributed by atoms with Gasteiger partial charge in [-0.2, -0.15) is 0 Å². The lowest BCUT2D eigenvalue weighted by molar-refractivity contribution is -0.0265. The zero-order chi connectivity index (χ0) is 14.0. The molecule has 1 saturated carbocycles. The van der Waals surface area contributed by atoms with Gasteiger partial charge in [-0.15, -0.1) is 0 Å². The largest absolute Gasteiger partial charge is 0.378 e. The molecule has 0 amide bonds. The first kappa shape index (κ1) is 14.9. The van der Waals surface area contributed by atoms with Crippen LogP contribution in [0.2, 0.25) is 0 Å². The standard InChI is InChI=1S/C14H16BrF3O/c1-2-19-9-3-8(4-9)5-11(15)10-6-13(17)14(18)7-12(10)16/h6-9,11H,2-5H2,1H3. The van der Waals surface area contributed by atoms with Gasteiger partial charge in [0.15, 0.2) is 11.6 Å². The van der Waals surface area contributed by atoms with E-state index in [0.717, 1.165) is 18.9 Å². The van der Waals surface area contributed by atoms with Gasteiger partial charge in [0, 0.05) is 23.1 Å². The van der Waals surface area contributed by atoms with E-state index in [-0.39, 0.29) is 10.4 Å². The van der Waals surface area contributed by atoms with Crippen LogP contribution in [-0.2, 0) is 4.74 Å². The number of alkyl halides is 1. The molecule has 1 fully saturated rings. The molecule has 0 heterocycles. The highest BCUT2D eigenvalue weighted by Gasteiger charge is 2.32. The van der Waals surface area contributed by atoms with E-state index in [2.05, 4.69) is 15.9 Å². The summed E-state index contributed by atoms with van der Waals surface area (Å²) in [4.78, 5) is -0.296. The number of ether oxygens (including phenoxy) is 1. The minimum Gasteiger partial charge on any atom is -0.378 e. The van der Waals surface area contributed by atoms with E-state index in [4.69, 9.17) is 4.74 Å². The molecule has 1 aliphatic rings. The van der Waals surface area contributed by atoms with E-state index < -0.39 is 17.5 Å². The first-order valence-electron chi connectivity index (χ1n) is 6.41. The average molecular weight is 337 g/mol. The Labute approximate surface area is 119 Å². The molecule has 1 aliphatic carbocycles. The van der Waals surface area contributed by atoms with E-state index in [1.807, 2.05) is 6.92 Å². The van der Waals surface area contributed by atoms with Crippen LogP contribution in [0, 0.1) is 23.4 Å². The normalized spacial score (nSPS) is 24.1. The van der Waals surface area contributed by atoms with E-state index in [1.165, 1.54) is 0 Å². The van der Waals surface area contributed by atoms with Gasteiger partial charge in [-0.1, -0.05) is 15.9 Å². The van der Waals surface area contributed by atoms with Crippen LogP contribution in [0.25, 0.3) is 0 Å². The van der Waals surface area contributed by atoms with Crippen molar-refractivity contribution in [2.45, 2.75) is 37.1 Å². The molecule has 1 aromatic rings. The van der Waals surface area contributed by atoms with Crippen molar-refractivity contribution < 1.29 is 17.9 Å². The molecule has 0 N–H and O–H groups in total. The van der Waals surface area contributed by atoms with Crippen LogP contribution in [-0.4, -0.2) is 12.7 Å². The Bertz CT molecular complexity index is 447. The lowest BCUT2D eigenvalue weighted by Gasteiger charge is -2.36. The van der Waals surface area contributed by atoms with Crippen molar-refractivity contribution >= 4 is 15.9 Å². The van der Waals surface area contributed by atoms with E-state index in [9.17, 15) is 13.2 Å². The second-order valence-electron chi connectivity index (χ2n) is 4.91. The van der Waals surface area contributed by atoms with Gasteiger partial charge in [0.1, 0.15) is 5.82 Å². The Morgan fingerprint density at radius 1 is 1.21 bits per heavy atom. The smallest absolute Gasteiger partial charge is 0.161 e. The third-order valence-corrected chi connectivity index (χ3v) is 4.38. The molecule has 2 rings (SSSR count). The number of rotatable bonds is 5. The van der Waals surface area contributed by atoms with Crippen LogP contribution >= 0.6 is 15.9 Å². The molecular weight excluding hydrogens is 321 g/mol. The summed E-state index contributed by atoms with van der Waals surface area (Å²) in [6.45, 7) is 2.66.